The summed E-state index contributed by atoms with van der Waals surface area (Å²) >= 11 is 0. The molecule has 4 rings (SSSR count). The van der Waals surface area contributed by atoms with Gasteiger partial charge in [-0.25, -0.2) is 9.18 Å². The second-order valence-electron chi connectivity index (χ2n) is 9.47. The van der Waals surface area contributed by atoms with Crippen LogP contribution in [0.3, 0.4) is 0 Å². The van der Waals surface area contributed by atoms with Gasteiger partial charge in [-0.05, 0) is 67.3 Å². The van der Waals surface area contributed by atoms with Crippen LogP contribution in [0.5, 0.6) is 5.75 Å². The Morgan fingerprint density at radius 2 is 2.03 bits per heavy atom. The summed E-state index contributed by atoms with van der Waals surface area (Å²) in [5.74, 6) is -4.34. The van der Waals surface area contributed by atoms with Crippen molar-refractivity contribution in [3.8, 4) is 5.75 Å². The number of rotatable bonds is 6. The first kappa shape index (κ1) is 26.1. The molecule has 2 saturated heterocycles. The molecule has 2 fully saturated rings. The first-order valence-corrected chi connectivity index (χ1v) is 11.8. The summed E-state index contributed by atoms with van der Waals surface area (Å²) < 4.78 is 29.6. The van der Waals surface area contributed by atoms with Crippen molar-refractivity contribution >= 4 is 31.1 Å². The number of nitrogens with zero attached hydrogens (tertiary/aromatic N) is 1. The third-order valence-corrected chi connectivity index (χ3v) is 7.17. The Morgan fingerprint density at radius 3 is 2.69 bits per heavy atom. The number of methoxy groups -OCH3 is 2. The summed E-state index contributed by atoms with van der Waals surface area (Å²) in [6.45, 7) is 2.11. The molecule has 3 aliphatic rings. The van der Waals surface area contributed by atoms with E-state index in [0.717, 1.165) is 23.8 Å². The van der Waals surface area contributed by atoms with Crippen LogP contribution in [-0.4, -0.2) is 67.0 Å². The molecule has 11 heteroatoms. The molecule has 1 aromatic rings. The van der Waals surface area contributed by atoms with E-state index >= 15 is 0 Å². The normalized spacial score (nSPS) is 26.3. The Hall–Kier alpha value is -3.02. The number of aromatic hydroxyl groups is 1. The molecule has 0 radical (unpaired) electrons. The van der Waals surface area contributed by atoms with Crippen molar-refractivity contribution in [2.24, 2.45) is 17.8 Å². The number of hydrogen-bond acceptors (Lipinski definition) is 8. The Kier molecular flexibility index (Phi) is 7.63. The smallest absolute Gasteiger partial charge is 0.455 e. The van der Waals surface area contributed by atoms with E-state index in [4.69, 9.17) is 9.39 Å². The summed E-state index contributed by atoms with van der Waals surface area (Å²) in [4.78, 5) is 38.9. The van der Waals surface area contributed by atoms with Gasteiger partial charge in [0.25, 0.3) is 0 Å². The van der Waals surface area contributed by atoms with E-state index in [-0.39, 0.29) is 19.3 Å². The predicted octanol–water partition coefficient (Wildman–Crippen LogP) is 2.92. The van der Waals surface area contributed by atoms with E-state index in [0.29, 0.717) is 23.3 Å². The zero-order valence-electron chi connectivity index (χ0n) is 20.4. The lowest BCUT2D eigenvalue weighted by atomic mass is 9.58. The Morgan fingerprint density at radius 1 is 1.28 bits per heavy atom. The zero-order chi connectivity index (χ0) is 26.1. The number of ether oxygens (including phenoxy) is 2. The third kappa shape index (κ3) is 4.83. The molecule has 36 heavy (non-hydrogen) atoms. The number of phenols is 1. The molecule has 2 aliphatic heterocycles. The fourth-order valence-electron chi connectivity index (χ4n) is 5.67. The molecule has 0 spiro atoms. The molecule has 3 amide bonds. The van der Waals surface area contributed by atoms with Crippen molar-refractivity contribution in [3.05, 3.63) is 46.3 Å². The van der Waals surface area contributed by atoms with Crippen LogP contribution in [0.2, 0.25) is 6.32 Å². The van der Waals surface area contributed by atoms with Gasteiger partial charge in [-0.2, -0.15) is 4.90 Å². The molecule has 0 unspecified atom stereocenters. The molecule has 1 aromatic carbocycles. The van der Waals surface area contributed by atoms with Crippen molar-refractivity contribution in [3.63, 3.8) is 0 Å². The van der Waals surface area contributed by atoms with Crippen LogP contribution in [0.25, 0.3) is 6.08 Å². The quantitative estimate of drug-likeness (QED) is 0.347. The van der Waals surface area contributed by atoms with Gasteiger partial charge < -0.3 is 24.3 Å². The van der Waals surface area contributed by atoms with Crippen LogP contribution in [0.4, 0.5) is 9.18 Å². The van der Waals surface area contributed by atoms with E-state index < -0.39 is 60.5 Å². The average molecular weight is 501 g/mol. The largest absolute Gasteiger partial charge is 0.505 e. The minimum atomic E-state index is -1.14. The number of carbonyl (C=O) groups is 3. The predicted molar refractivity (Wildman–Crippen MR) is 127 cm³/mol. The van der Waals surface area contributed by atoms with E-state index in [1.54, 1.807) is 12.1 Å². The maximum absolute atomic E-state index is 13.7. The second kappa shape index (κ2) is 10.5. The highest BCUT2D eigenvalue weighted by molar-refractivity contribution is 6.43. The monoisotopic (exact) mass is 501 g/mol. The lowest BCUT2D eigenvalue weighted by Crippen LogP contribution is -2.46. The average Bonchev–Trinajstić information content (AvgIpc) is 3.09. The maximum Gasteiger partial charge on any atom is 0.455 e. The fourth-order valence-corrected chi connectivity index (χ4v) is 5.67. The second-order valence-corrected chi connectivity index (χ2v) is 9.47. The van der Waals surface area contributed by atoms with E-state index in [9.17, 15) is 28.9 Å². The summed E-state index contributed by atoms with van der Waals surface area (Å²) in [6, 6.07) is 4.14. The van der Waals surface area contributed by atoms with Crippen molar-refractivity contribution in [1.82, 2.24) is 4.90 Å². The number of allylic oxidation sites excluding steroid dienone is 1. The minimum absolute atomic E-state index is 0.121. The number of fused-ring (bicyclic) bond motifs is 3. The summed E-state index contributed by atoms with van der Waals surface area (Å²) in [6.07, 6.45) is 1.65. The van der Waals surface area contributed by atoms with Crippen LogP contribution in [0, 0.1) is 23.6 Å². The van der Waals surface area contributed by atoms with Crippen LogP contribution >= 0.6 is 0 Å². The number of amides is 3. The van der Waals surface area contributed by atoms with Crippen LogP contribution in [-0.2, 0) is 23.7 Å². The highest BCUT2D eigenvalue weighted by atomic mass is 19.1. The molecular weight excluding hydrogens is 472 g/mol. The topological polar surface area (TPSA) is 123 Å². The van der Waals surface area contributed by atoms with Gasteiger partial charge >= 0.3 is 13.2 Å². The number of likely N-dealkylation sites (tertiary alicyclic amines) is 1. The molecule has 0 aromatic heterocycles. The molecule has 192 valence electrons. The number of halogens is 1. The third-order valence-electron chi connectivity index (χ3n) is 7.17. The molecule has 1 aliphatic carbocycles. The molecule has 4 atom stereocenters. The number of benzene rings is 1. The number of imide groups is 3. The van der Waals surface area contributed by atoms with Gasteiger partial charge in [0.15, 0.2) is 11.6 Å². The lowest BCUT2D eigenvalue weighted by Gasteiger charge is -2.43. The first-order valence-electron chi connectivity index (χ1n) is 11.8. The van der Waals surface area contributed by atoms with Gasteiger partial charge in [0, 0.05) is 7.11 Å². The van der Waals surface area contributed by atoms with Crippen molar-refractivity contribution in [2.75, 3.05) is 20.8 Å². The van der Waals surface area contributed by atoms with Crippen molar-refractivity contribution < 1.29 is 43.0 Å². The van der Waals surface area contributed by atoms with E-state index in [2.05, 4.69) is 4.74 Å². The zero-order valence-corrected chi connectivity index (χ0v) is 20.4. The van der Waals surface area contributed by atoms with E-state index in [1.807, 2.05) is 6.92 Å². The fraction of sp³-hybridized carbons (Fsp3) is 0.480. The molecule has 9 nitrogen and oxygen atoms in total. The van der Waals surface area contributed by atoms with Gasteiger partial charge in [0.2, 0.25) is 11.8 Å². The molecule has 2 N–H and O–H groups in total. The van der Waals surface area contributed by atoms with Crippen LogP contribution in [0.15, 0.2) is 34.9 Å². The van der Waals surface area contributed by atoms with Gasteiger partial charge in [-0.15, -0.1) is 0 Å². The number of hydrogen-bond donors (Lipinski definition) is 2. The molecular formula is C25H29BFNO8. The first-order chi connectivity index (χ1) is 17.2. The summed E-state index contributed by atoms with van der Waals surface area (Å²) in [5, 5.41) is 19.9. The van der Waals surface area contributed by atoms with Gasteiger partial charge in [-0.3, -0.25) is 9.59 Å². The number of phenolic OH excluding ortho intramolecular Hbond substituents is 1. The van der Waals surface area contributed by atoms with Gasteiger partial charge in [-0.1, -0.05) is 17.7 Å². The Bertz CT molecular complexity index is 1140. The molecule has 0 bridgehead atoms. The molecule has 2 heterocycles. The van der Waals surface area contributed by atoms with E-state index in [1.165, 1.54) is 19.2 Å². The standard InChI is InChI=1S/C25H29BFNO8/c1-13(8-14-5-6-19(29)18(27)9-14)4-7-20-21-15(12-34-2)10-16-22(17(21)11-26(33)36-20)24(31)28(23(16)30)25(32)35-3/h5-6,8-9,16-17,20,22,29,33H,4,7,10-12H2,1-3H3/b13-8+/t16-,17+,20-,22-/m1/s1. The van der Waals surface area contributed by atoms with Crippen LogP contribution < -0.4 is 0 Å². The summed E-state index contributed by atoms with van der Waals surface area (Å²) in [7, 11) is 1.51. The van der Waals surface area contributed by atoms with Crippen molar-refractivity contribution in [1.29, 1.82) is 0 Å². The van der Waals surface area contributed by atoms with Gasteiger partial charge in [0.1, 0.15) is 0 Å². The Labute approximate surface area is 208 Å². The highest BCUT2D eigenvalue weighted by Gasteiger charge is 2.59. The minimum Gasteiger partial charge on any atom is -0.505 e. The number of carbonyl (C=O) groups excluding carboxylic acids is 3. The lowest BCUT2D eigenvalue weighted by molar-refractivity contribution is -0.137. The summed E-state index contributed by atoms with van der Waals surface area (Å²) in [5.41, 5.74) is 3.19. The maximum atomic E-state index is 13.7. The van der Waals surface area contributed by atoms with Crippen molar-refractivity contribution in [2.45, 2.75) is 38.6 Å². The highest BCUT2D eigenvalue weighted by Crippen LogP contribution is 2.50. The van der Waals surface area contributed by atoms with Crippen LogP contribution in [0.1, 0.15) is 31.7 Å². The molecule has 0 saturated carbocycles. The van der Waals surface area contributed by atoms with Gasteiger partial charge in [0.05, 0.1) is 31.7 Å². The Balaban J connectivity index is 1.60. The SMILES string of the molecule is COCC1=C2[C@@H](CC/C(C)=C/c3ccc(O)c(F)c3)OB(O)C[C@@H]2[C@@H]2C(=O)N(C(=O)OC)C(=O)[C@@H]2C1.